The average Bonchev–Trinajstić information content (AvgIpc) is 2.46. The molecule has 2 heterocycles. The minimum absolute atomic E-state index is 0.111. The number of hydrogen-bond acceptors (Lipinski definition) is 6. The first-order valence-electron chi connectivity index (χ1n) is 6.70. The third kappa shape index (κ3) is 2.68. The number of benzene rings is 1. The van der Waals surface area contributed by atoms with E-state index in [-0.39, 0.29) is 16.8 Å². The van der Waals surface area contributed by atoms with Crippen molar-refractivity contribution in [1.82, 2.24) is 10.6 Å². The molecule has 3 unspecified atom stereocenters. The van der Waals surface area contributed by atoms with E-state index in [2.05, 4.69) is 10.6 Å². The van der Waals surface area contributed by atoms with E-state index in [4.69, 9.17) is 4.74 Å². The number of aliphatic hydroxyl groups is 1. The Kier molecular flexibility index (Phi) is 3.97. The van der Waals surface area contributed by atoms with Crippen LogP contribution < -0.4 is 10.6 Å². The zero-order valence-corrected chi connectivity index (χ0v) is 12.3. The van der Waals surface area contributed by atoms with E-state index in [1.165, 1.54) is 30.0 Å². The molecule has 21 heavy (non-hydrogen) atoms. The first kappa shape index (κ1) is 14.5. The topological polar surface area (TPSA) is 73.8 Å². The smallest absolute Gasteiger partial charge is 0.192 e. The first-order chi connectivity index (χ1) is 10.1. The number of ether oxygens (including phenoxy) is 1. The summed E-state index contributed by atoms with van der Waals surface area (Å²) < 4.78 is 19.7. The van der Waals surface area contributed by atoms with E-state index in [1.807, 2.05) is 6.26 Å². The van der Waals surface area contributed by atoms with Crippen molar-refractivity contribution >= 4 is 11.8 Å². The largest absolute Gasteiger partial charge is 0.507 e. The quantitative estimate of drug-likeness (QED) is 0.667. The highest BCUT2D eigenvalue weighted by Crippen LogP contribution is 2.39. The Morgan fingerprint density at radius 1 is 1.43 bits per heavy atom. The van der Waals surface area contributed by atoms with Gasteiger partial charge in [-0.25, -0.2) is 4.39 Å². The van der Waals surface area contributed by atoms with Crippen LogP contribution >= 0.6 is 11.8 Å². The van der Waals surface area contributed by atoms with Crippen LogP contribution in [0, 0.1) is 5.82 Å². The fraction of sp³-hybridized carbons (Fsp3) is 0.429. The molecule has 4 N–H and O–H groups in total. The normalized spacial score (nSPS) is 28.6. The summed E-state index contributed by atoms with van der Waals surface area (Å²) in [6, 6.07) is 4.21. The number of rotatable bonds is 2. The molecule has 0 spiro atoms. The zero-order chi connectivity index (χ0) is 15.0. The van der Waals surface area contributed by atoms with Gasteiger partial charge in [0.25, 0.3) is 0 Å². The van der Waals surface area contributed by atoms with Gasteiger partial charge >= 0.3 is 0 Å². The highest BCUT2D eigenvalue weighted by Gasteiger charge is 2.34. The van der Waals surface area contributed by atoms with Gasteiger partial charge in [0.1, 0.15) is 29.4 Å². The predicted molar refractivity (Wildman–Crippen MR) is 77.7 cm³/mol. The summed E-state index contributed by atoms with van der Waals surface area (Å²) in [6.45, 7) is 0. The summed E-state index contributed by atoms with van der Waals surface area (Å²) in [4.78, 5) is 0. The van der Waals surface area contributed by atoms with Crippen LogP contribution in [0.3, 0.4) is 0 Å². The van der Waals surface area contributed by atoms with Crippen LogP contribution in [0.1, 0.15) is 24.5 Å². The zero-order valence-electron chi connectivity index (χ0n) is 11.5. The molecule has 0 radical (unpaired) electrons. The number of aromatic hydroxyl groups is 1. The summed E-state index contributed by atoms with van der Waals surface area (Å²) in [7, 11) is 0. The van der Waals surface area contributed by atoms with Crippen LogP contribution in [0.2, 0.25) is 0 Å². The lowest BCUT2D eigenvalue weighted by molar-refractivity contribution is 0.0355. The third-order valence-electron chi connectivity index (χ3n) is 3.72. The second-order valence-corrected chi connectivity index (χ2v) is 5.94. The minimum atomic E-state index is -0.770. The molecule has 0 bridgehead atoms. The van der Waals surface area contributed by atoms with Crippen LogP contribution in [0.25, 0.3) is 0 Å². The van der Waals surface area contributed by atoms with E-state index in [9.17, 15) is 14.6 Å². The van der Waals surface area contributed by atoms with Crippen LogP contribution in [-0.4, -0.2) is 28.2 Å². The maximum Gasteiger partial charge on any atom is 0.192 e. The van der Waals surface area contributed by atoms with Crippen LogP contribution in [0.4, 0.5) is 4.39 Å². The monoisotopic (exact) mass is 312 g/mol. The van der Waals surface area contributed by atoms with E-state index in [0.29, 0.717) is 18.7 Å². The molecule has 3 atom stereocenters. The molecular weight excluding hydrogens is 295 g/mol. The molecule has 0 saturated heterocycles. The molecule has 1 aromatic carbocycles. The second kappa shape index (κ2) is 5.75. The number of phenols is 1. The SMILES string of the molecule is CSC1NC2=C(CCC(c3c(O)cccc3F)O2)C(O)N1. The van der Waals surface area contributed by atoms with Gasteiger partial charge in [-0.05, 0) is 31.2 Å². The Morgan fingerprint density at radius 3 is 2.95 bits per heavy atom. The van der Waals surface area contributed by atoms with Crippen molar-refractivity contribution in [2.45, 2.75) is 30.7 Å². The molecule has 0 amide bonds. The van der Waals surface area contributed by atoms with Gasteiger partial charge < -0.3 is 20.3 Å². The maximum absolute atomic E-state index is 13.9. The molecule has 1 aromatic rings. The Hall–Kier alpha value is -1.44. The average molecular weight is 312 g/mol. The molecule has 0 fully saturated rings. The highest BCUT2D eigenvalue weighted by atomic mass is 32.2. The van der Waals surface area contributed by atoms with Crippen molar-refractivity contribution in [2.75, 3.05) is 6.26 Å². The van der Waals surface area contributed by atoms with Crippen molar-refractivity contribution in [3.05, 3.63) is 41.0 Å². The first-order valence-corrected chi connectivity index (χ1v) is 7.99. The number of halogens is 1. The molecule has 7 heteroatoms. The second-order valence-electron chi connectivity index (χ2n) is 5.00. The standard InChI is InChI=1S/C14H17FN2O3S/c1-21-14-16-12(19)7-5-6-10(20-13(7)17-14)11-8(15)3-2-4-9(11)18/h2-4,10,12,14,16-19H,5-6H2,1H3. The summed E-state index contributed by atoms with van der Waals surface area (Å²) in [5.41, 5.74) is 0.721. The fourth-order valence-electron chi connectivity index (χ4n) is 2.64. The Morgan fingerprint density at radius 2 is 2.24 bits per heavy atom. The minimum Gasteiger partial charge on any atom is -0.507 e. The number of phenolic OH excluding ortho intramolecular Hbond substituents is 1. The van der Waals surface area contributed by atoms with E-state index in [0.717, 1.165) is 5.57 Å². The van der Waals surface area contributed by atoms with E-state index >= 15 is 0 Å². The summed E-state index contributed by atoms with van der Waals surface area (Å²) in [6.07, 6.45) is 1.62. The van der Waals surface area contributed by atoms with Gasteiger partial charge in [-0.15, -0.1) is 11.8 Å². The molecule has 0 aliphatic carbocycles. The van der Waals surface area contributed by atoms with Crippen molar-refractivity contribution in [2.24, 2.45) is 0 Å². The van der Waals surface area contributed by atoms with Crippen molar-refractivity contribution < 1.29 is 19.3 Å². The van der Waals surface area contributed by atoms with Gasteiger partial charge in [0.2, 0.25) is 0 Å². The van der Waals surface area contributed by atoms with E-state index < -0.39 is 18.1 Å². The molecule has 0 aromatic heterocycles. The van der Waals surface area contributed by atoms with Crippen LogP contribution in [0.15, 0.2) is 29.7 Å². The van der Waals surface area contributed by atoms with Gasteiger partial charge in [0, 0.05) is 5.57 Å². The summed E-state index contributed by atoms with van der Waals surface area (Å²) in [5.74, 6) is -0.126. The van der Waals surface area contributed by atoms with Crippen molar-refractivity contribution in [1.29, 1.82) is 0 Å². The Balaban J connectivity index is 1.87. The number of thioether (sulfide) groups is 1. The third-order valence-corrected chi connectivity index (χ3v) is 4.44. The van der Waals surface area contributed by atoms with Gasteiger partial charge in [0.05, 0.1) is 5.56 Å². The predicted octanol–water partition coefficient (Wildman–Crippen LogP) is 1.75. The molecule has 5 nitrogen and oxygen atoms in total. The van der Waals surface area contributed by atoms with Gasteiger partial charge in [-0.3, -0.25) is 5.32 Å². The molecule has 3 rings (SSSR count). The lowest BCUT2D eigenvalue weighted by Gasteiger charge is -2.38. The molecule has 2 aliphatic heterocycles. The summed E-state index contributed by atoms with van der Waals surface area (Å²) in [5, 5.41) is 26.0. The maximum atomic E-state index is 13.9. The highest BCUT2D eigenvalue weighted by molar-refractivity contribution is 7.99. The van der Waals surface area contributed by atoms with Gasteiger partial charge in [-0.2, -0.15) is 0 Å². The number of hydrogen-bond donors (Lipinski definition) is 4. The molecule has 114 valence electrons. The van der Waals surface area contributed by atoms with Crippen LogP contribution in [-0.2, 0) is 4.74 Å². The van der Waals surface area contributed by atoms with Gasteiger partial charge in [-0.1, -0.05) is 6.07 Å². The number of nitrogens with one attached hydrogen (secondary N) is 2. The van der Waals surface area contributed by atoms with E-state index in [1.54, 1.807) is 0 Å². The fourth-order valence-corrected chi connectivity index (χ4v) is 3.13. The lowest BCUT2D eigenvalue weighted by Crippen LogP contribution is -2.52. The summed E-state index contributed by atoms with van der Waals surface area (Å²) >= 11 is 1.49. The Bertz CT molecular complexity index is 561. The molecule has 0 saturated carbocycles. The van der Waals surface area contributed by atoms with Crippen molar-refractivity contribution in [3.63, 3.8) is 0 Å². The Labute approximate surface area is 126 Å². The number of aliphatic hydroxyl groups excluding tert-OH is 1. The van der Waals surface area contributed by atoms with Crippen LogP contribution in [0.5, 0.6) is 5.75 Å². The van der Waals surface area contributed by atoms with Crippen molar-refractivity contribution in [3.8, 4) is 5.75 Å². The molecular formula is C14H17FN2O3S. The molecule has 2 aliphatic rings. The lowest BCUT2D eigenvalue weighted by atomic mass is 9.96. The van der Waals surface area contributed by atoms with Gasteiger partial charge in [0.15, 0.2) is 5.88 Å².